The van der Waals surface area contributed by atoms with Gasteiger partial charge in [-0.2, -0.15) is 4.31 Å². The average molecular weight is 661 g/mol. The second kappa shape index (κ2) is 14.6. The highest BCUT2D eigenvalue weighted by Crippen LogP contribution is 2.35. The topological polar surface area (TPSA) is 181 Å². The summed E-state index contributed by atoms with van der Waals surface area (Å²) in [4.78, 5) is 31.0. The third-order valence-corrected chi connectivity index (χ3v) is 9.51. The van der Waals surface area contributed by atoms with Crippen molar-refractivity contribution in [1.82, 2.24) is 9.62 Å². The van der Waals surface area contributed by atoms with Crippen molar-refractivity contribution in [2.45, 2.75) is 56.1 Å². The van der Waals surface area contributed by atoms with Gasteiger partial charge >= 0.3 is 13.7 Å². The quantitative estimate of drug-likeness (QED) is 0.219. The summed E-state index contributed by atoms with van der Waals surface area (Å²) in [6, 6.07) is 9.49. The van der Waals surface area contributed by atoms with Crippen LogP contribution in [0.4, 0.5) is 9.18 Å². The van der Waals surface area contributed by atoms with Crippen molar-refractivity contribution in [1.29, 1.82) is 0 Å². The van der Waals surface area contributed by atoms with Crippen molar-refractivity contribution in [2.24, 2.45) is 11.8 Å². The van der Waals surface area contributed by atoms with Gasteiger partial charge in [-0.25, -0.2) is 17.6 Å². The van der Waals surface area contributed by atoms with Crippen molar-refractivity contribution in [3.63, 3.8) is 0 Å². The van der Waals surface area contributed by atoms with Gasteiger partial charge in [-0.1, -0.05) is 26.0 Å². The highest BCUT2D eigenvalue weighted by molar-refractivity contribution is 7.89. The molecule has 5 atom stereocenters. The molecule has 0 aromatic heterocycles. The zero-order valence-electron chi connectivity index (χ0n) is 24.3. The predicted octanol–water partition coefficient (Wildman–Crippen LogP) is 2.45. The Labute approximate surface area is 255 Å². The van der Waals surface area contributed by atoms with E-state index in [0.717, 1.165) is 28.6 Å². The number of alkyl carbamates (subject to hydrolysis) is 1. The average Bonchev–Trinajstić information content (AvgIpc) is 3.57. The zero-order valence-corrected chi connectivity index (χ0v) is 26.0. The van der Waals surface area contributed by atoms with Gasteiger partial charge in [0, 0.05) is 13.1 Å². The van der Waals surface area contributed by atoms with Crippen LogP contribution >= 0.6 is 7.60 Å². The molecule has 1 amide bonds. The summed E-state index contributed by atoms with van der Waals surface area (Å²) >= 11 is 0. The van der Waals surface area contributed by atoms with Gasteiger partial charge in [0.1, 0.15) is 17.7 Å². The number of aliphatic hydroxyl groups is 1. The van der Waals surface area contributed by atoms with E-state index in [0.29, 0.717) is 18.6 Å². The van der Waals surface area contributed by atoms with Crippen molar-refractivity contribution >= 4 is 23.7 Å². The molecule has 2 heterocycles. The fourth-order valence-electron chi connectivity index (χ4n) is 5.06. The second-order valence-corrected chi connectivity index (χ2v) is 14.8. The Morgan fingerprint density at radius 2 is 1.80 bits per heavy atom. The maximum atomic E-state index is 13.5. The van der Waals surface area contributed by atoms with Crippen LogP contribution in [0.15, 0.2) is 53.4 Å². The molecule has 16 heteroatoms. The minimum atomic E-state index is -4.38. The lowest BCUT2D eigenvalue weighted by atomic mass is 10.0. The van der Waals surface area contributed by atoms with E-state index in [2.05, 4.69) is 5.32 Å². The Kier molecular flexibility index (Phi) is 11.4. The third kappa shape index (κ3) is 9.44. The smallest absolute Gasteiger partial charge is 0.407 e. The van der Waals surface area contributed by atoms with Gasteiger partial charge in [0.05, 0.1) is 36.2 Å². The number of halogens is 1. The van der Waals surface area contributed by atoms with Gasteiger partial charge < -0.3 is 39.2 Å². The van der Waals surface area contributed by atoms with Gasteiger partial charge in [0.15, 0.2) is 12.6 Å². The van der Waals surface area contributed by atoms with E-state index in [4.69, 9.17) is 28.7 Å². The number of amides is 1. The minimum absolute atomic E-state index is 0.0392. The predicted molar refractivity (Wildman–Crippen MR) is 155 cm³/mol. The van der Waals surface area contributed by atoms with Crippen LogP contribution in [0.2, 0.25) is 0 Å². The lowest BCUT2D eigenvalue weighted by Crippen LogP contribution is -2.51. The number of hydrogen-bond donors (Lipinski definition) is 4. The minimum Gasteiger partial charge on any atom is -0.481 e. The van der Waals surface area contributed by atoms with E-state index in [1.807, 2.05) is 13.8 Å². The van der Waals surface area contributed by atoms with Crippen molar-refractivity contribution < 1.29 is 56.0 Å². The van der Waals surface area contributed by atoms with Gasteiger partial charge in [0.2, 0.25) is 10.0 Å². The Morgan fingerprint density at radius 3 is 2.43 bits per heavy atom. The van der Waals surface area contributed by atoms with E-state index in [-0.39, 0.29) is 42.1 Å². The molecule has 2 saturated heterocycles. The fourth-order valence-corrected chi connectivity index (χ4v) is 7.00. The Morgan fingerprint density at radius 1 is 1.11 bits per heavy atom. The molecule has 44 heavy (non-hydrogen) atoms. The summed E-state index contributed by atoms with van der Waals surface area (Å²) in [7, 11) is -8.53. The third-order valence-electron chi connectivity index (χ3n) is 7.20. The first-order valence-electron chi connectivity index (χ1n) is 14.1. The van der Waals surface area contributed by atoms with E-state index >= 15 is 0 Å². The van der Waals surface area contributed by atoms with Gasteiger partial charge in [0.25, 0.3) is 0 Å². The van der Waals surface area contributed by atoms with E-state index in [9.17, 15) is 27.3 Å². The standard InChI is InChI=1S/C28H38FN2O11PS/c1-18(2)14-31(44(37,38)22-9-5-20(29)6-10-22)15-25(32)24(13-19-3-7-21(8-4-19)41-17-43(34,35)36)30-28(33)42-26-16-40-27-23(26)11-12-39-27/h3-10,18,23-27,32H,11-17H2,1-2H3,(H,30,33)(H2,34,35,36)/t23-,24-,25+,26?,27+/m0/s1. The molecule has 2 aromatic carbocycles. The van der Waals surface area contributed by atoms with Gasteiger partial charge in [-0.05, 0) is 60.7 Å². The molecule has 4 N–H and O–H groups in total. The molecule has 2 aliphatic rings. The molecular formula is C28H38FN2O11PS. The number of nitrogens with one attached hydrogen (secondary N) is 1. The Balaban J connectivity index is 1.52. The second-order valence-electron chi connectivity index (χ2n) is 11.2. The summed E-state index contributed by atoms with van der Waals surface area (Å²) in [6.07, 6.45) is -3.33. The lowest BCUT2D eigenvalue weighted by Gasteiger charge is -2.31. The molecule has 13 nitrogen and oxygen atoms in total. The number of ether oxygens (including phenoxy) is 4. The number of sulfonamides is 1. The van der Waals surface area contributed by atoms with Gasteiger partial charge in [-0.15, -0.1) is 0 Å². The number of carbonyl (C=O) groups excluding carboxylic acids is 1. The molecule has 4 rings (SSSR count). The van der Waals surface area contributed by atoms with Crippen LogP contribution in [0.3, 0.4) is 0 Å². The van der Waals surface area contributed by atoms with Crippen LogP contribution in [-0.4, -0.2) is 90.9 Å². The molecule has 0 aliphatic carbocycles. The zero-order chi connectivity index (χ0) is 32.1. The molecule has 0 bridgehead atoms. The highest BCUT2D eigenvalue weighted by atomic mass is 32.2. The van der Waals surface area contributed by atoms with Gasteiger partial charge in [-0.3, -0.25) is 4.57 Å². The molecular weight excluding hydrogens is 622 g/mol. The summed E-state index contributed by atoms with van der Waals surface area (Å²) in [5, 5.41) is 14.1. The maximum Gasteiger partial charge on any atom is 0.407 e. The number of rotatable bonds is 14. The molecule has 0 saturated carbocycles. The van der Waals surface area contributed by atoms with Crippen LogP contribution in [-0.2, 0) is 35.2 Å². The monoisotopic (exact) mass is 660 g/mol. The number of hydrogen-bond acceptors (Lipinski definition) is 9. The summed E-state index contributed by atoms with van der Waals surface area (Å²) < 4.78 is 74.5. The Hall–Kier alpha value is -2.62. The Bertz CT molecular complexity index is 1410. The maximum absolute atomic E-state index is 13.5. The number of aliphatic hydroxyl groups excluding tert-OH is 1. The van der Waals surface area contributed by atoms with Crippen LogP contribution in [0.25, 0.3) is 0 Å². The normalized spacial score (nSPS) is 21.7. The first-order chi connectivity index (χ1) is 20.7. The molecule has 0 spiro atoms. The summed E-state index contributed by atoms with van der Waals surface area (Å²) in [5.41, 5.74) is 0.600. The number of carbonyl (C=O) groups is 1. The van der Waals surface area contributed by atoms with E-state index < -0.39 is 67.0 Å². The molecule has 244 valence electrons. The van der Waals surface area contributed by atoms with Crippen LogP contribution < -0.4 is 10.1 Å². The fraction of sp³-hybridized carbons (Fsp3) is 0.536. The molecule has 2 fully saturated rings. The first-order valence-corrected chi connectivity index (χ1v) is 17.4. The van der Waals surface area contributed by atoms with E-state index in [1.165, 1.54) is 12.1 Å². The molecule has 2 aliphatic heterocycles. The summed E-state index contributed by atoms with van der Waals surface area (Å²) in [5.74, 6) is -0.640. The molecule has 0 radical (unpaired) electrons. The van der Waals surface area contributed by atoms with Crippen molar-refractivity contribution in [3.8, 4) is 5.75 Å². The highest BCUT2D eigenvalue weighted by Gasteiger charge is 2.44. The van der Waals surface area contributed by atoms with Crippen LogP contribution in [0.5, 0.6) is 5.75 Å². The lowest BCUT2D eigenvalue weighted by molar-refractivity contribution is -0.0907. The van der Waals surface area contributed by atoms with E-state index in [1.54, 1.807) is 12.1 Å². The molecule has 2 aromatic rings. The van der Waals surface area contributed by atoms with Crippen molar-refractivity contribution in [2.75, 3.05) is 32.7 Å². The largest absolute Gasteiger partial charge is 0.481 e. The number of nitrogens with zero attached hydrogens (tertiary/aromatic N) is 1. The van der Waals surface area contributed by atoms with Crippen molar-refractivity contribution in [3.05, 3.63) is 59.9 Å². The summed E-state index contributed by atoms with van der Waals surface area (Å²) in [6.45, 7) is 3.92. The van der Waals surface area contributed by atoms with Crippen LogP contribution in [0.1, 0.15) is 25.8 Å². The number of benzene rings is 2. The van der Waals surface area contributed by atoms with Crippen LogP contribution in [0, 0.1) is 17.7 Å². The molecule has 1 unspecified atom stereocenters. The first kappa shape index (κ1) is 34.3. The SMILES string of the molecule is CC(C)CN(C[C@@H](O)[C@H](Cc1ccc(OCP(=O)(O)O)cc1)NC(=O)OC1CO[C@H]2OCC[C@@H]12)S(=O)(=O)c1ccc(F)cc1. The number of fused-ring (bicyclic) bond motifs is 1.